The van der Waals surface area contributed by atoms with E-state index in [2.05, 4.69) is 17.6 Å². The lowest BCUT2D eigenvalue weighted by molar-refractivity contribution is -0.122. The Labute approximate surface area is 102 Å². The number of amides is 1. The van der Waals surface area contributed by atoms with Gasteiger partial charge >= 0.3 is 0 Å². The molecule has 0 bridgehead atoms. The van der Waals surface area contributed by atoms with Gasteiger partial charge in [-0.3, -0.25) is 10.1 Å². The molecule has 1 aliphatic carbocycles. The van der Waals surface area contributed by atoms with Crippen molar-refractivity contribution in [3.63, 3.8) is 0 Å². The van der Waals surface area contributed by atoms with Crippen molar-refractivity contribution in [3.8, 4) is 0 Å². The number of hydrogen-bond acceptors (Lipinski definition) is 3. The molecule has 0 aromatic carbocycles. The summed E-state index contributed by atoms with van der Waals surface area (Å²) in [5.41, 5.74) is 0. The first kappa shape index (κ1) is 12.2. The smallest absolute Gasteiger partial charge is 0.238 e. The minimum absolute atomic E-state index is 0.0453. The van der Waals surface area contributed by atoms with Crippen LogP contribution in [0.15, 0.2) is 0 Å². The van der Waals surface area contributed by atoms with Gasteiger partial charge in [0.25, 0.3) is 0 Å². The van der Waals surface area contributed by atoms with Crippen molar-refractivity contribution in [1.82, 2.24) is 10.6 Å². The second kappa shape index (κ2) is 5.92. The van der Waals surface area contributed by atoms with E-state index in [1.165, 1.54) is 25.7 Å². The average Bonchev–Trinajstić information content (AvgIpc) is 2.81. The highest BCUT2D eigenvalue weighted by Gasteiger charge is 2.25. The Hall–Kier alpha value is -0.220. The van der Waals surface area contributed by atoms with Crippen molar-refractivity contribution < 1.29 is 4.79 Å². The van der Waals surface area contributed by atoms with Crippen molar-refractivity contribution in [1.29, 1.82) is 0 Å². The van der Waals surface area contributed by atoms with Crippen LogP contribution in [0.5, 0.6) is 0 Å². The Balaban J connectivity index is 1.71. The fourth-order valence-corrected chi connectivity index (χ4v) is 3.56. The normalized spacial score (nSPS) is 34.9. The minimum Gasteiger partial charge on any atom is -0.354 e. The van der Waals surface area contributed by atoms with E-state index in [1.54, 1.807) is 11.8 Å². The van der Waals surface area contributed by atoms with Crippen LogP contribution in [0.2, 0.25) is 0 Å². The highest BCUT2D eigenvalue weighted by atomic mass is 32.2. The Morgan fingerprint density at radius 3 is 2.94 bits per heavy atom. The third-order valence-corrected chi connectivity index (χ3v) is 4.80. The highest BCUT2D eigenvalue weighted by Crippen LogP contribution is 2.28. The molecule has 0 spiro atoms. The van der Waals surface area contributed by atoms with Gasteiger partial charge in [0, 0.05) is 18.2 Å². The molecule has 2 aliphatic rings. The van der Waals surface area contributed by atoms with Gasteiger partial charge in [0.1, 0.15) is 0 Å². The summed E-state index contributed by atoms with van der Waals surface area (Å²) in [4.78, 5) is 11.8. The Morgan fingerprint density at radius 2 is 2.25 bits per heavy atom. The van der Waals surface area contributed by atoms with Gasteiger partial charge in [-0.2, -0.15) is 0 Å². The van der Waals surface area contributed by atoms with Gasteiger partial charge in [-0.05, 0) is 18.3 Å². The maximum absolute atomic E-state index is 11.8. The number of hydrogen-bond donors (Lipinski definition) is 2. The van der Waals surface area contributed by atoms with E-state index in [0.29, 0.717) is 5.92 Å². The number of carbonyl (C=O) groups excluding carboxylic acids is 1. The predicted octanol–water partition coefficient (Wildman–Crippen LogP) is 1.59. The molecule has 2 rings (SSSR count). The van der Waals surface area contributed by atoms with Gasteiger partial charge in [-0.15, -0.1) is 11.8 Å². The van der Waals surface area contributed by atoms with Crippen molar-refractivity contribution in [2.75, 3.05) is 18.2 Å². The van der Waals surface area contributed by atoms with Gasteiger partial charge in [-0.25, -0.2) is 0 Å². The molecule has 0 aromatic rings. The third-order valence-electron chi connectivity index (χ3n) is 3.86. The molecule has 1 amide bonds. The van der Waals surface area contributed by atoms with Gasteiger partial charge < -0.3 is 5.32 Å². The van der Waals surface area contributed by atoms with Crippen LogP contribution < -0.4 is 10.6 Å². The lowest BCUT2D eigenvalue weighted by Crippen LogP contribution is -2.44. The van der Waals surface area contributed by atoms with Crippen molar-refractivity contribution in [2.24, 2.45) is 11.8 Å². The van der Waals surface area contributed by atoms with Gasteiger partial charge in [0.2, 0.25) is 5.91 Å². The molecule has 1 heterocycles. The third kappa shape index (κ3) is 3.14. The first-order valence-electron chi connectivity index (χ1n) is 6.36. The minimum atomic E-state index is 0.0453. The van der Waals surface area contributed by atoms with E-state index >= 15 is 0 Å². The molecular formula is C12H22N2OS. The van der Waals surface area contributed by atoms with E-state index in [9.17, 15) is 4.79 Å². The first-order valence-corrected chi connectivity index (χ1v) is 7.51. The van der Waals surface area contributed by atoms with E-state index < -0.39 is 0 Å². The predicted molar refractivity (Wildman–Crippen MR) is 68.4 cm³/mol. The van der Waals surface area contributed by atoms with Crippen LogP contribution in [-0.2, 0) is 4.79 Å². The van der Waals surface area contributed by atoms with Gasteiger partial charge in [-0.1, -0.05) is 26.2 Å². The van der Waals surface area contributed by atoms with Crippen LogP contribution in [0, 0.1) is 11.8 Å². The molecule has 16 heavy (non-hydrogen) atoms. The fraction of sp³-hybridized carbons (Fsp3) is 0.917. The molecule has 4 heteroatoms. The zero-order chi connectivity index (χ0) is 11.4. The van der Waals surface area contributed by atoms with Crippen LogP contribution in [-0.4, -0.2) is 30.1 Å². The van der Waals surface area contributed by atoms with Crippen molar-refractivity contribution in [2.45, 2.75) is 38.6 Å². The molecule has 1 aliphatic heterocycles. The van der Waals surface area contributed by atoms with Crippen LogP contribution in [0.4, 0.5) is 0 Å². The summed E-state index contributed by atoms with van der Waals surface area (Å²) in [5.74, 6) is 3.51. The summed E-state index contributed by atoms with van der Waals surface area (Å²) in [5, 5.41) is 6.32. The average molecular weight is 242 g/mol. The van der Waals surface area contributed by atoms with Crippen LogP contribution >= 0.6 is 11.8 Å². The summed E-state index contributed by atoms with van der Waals surface area (Å²) >= 11 is 1.80. The molecule has 3 unspecified atom stereocenters. The number of thioether (sulfide) groups is 1. The van der Waals surface area contributed by atoms with Crippen molar-refractivity contribution in [3.05, 3.63) is 0 Å². The molecule has 1 saturated carbocycles. The zero-order valence-corrected chi connectivity index (χ0v) is 10.8. The molecular weight excluding hydrogens is 220 g/mol. The van der Waals surface area contributed by atoms with E-state index in [1.807, 2.05) is 0 Å². The monoisotopic (exact) mass is 242 g/mol. The summed E-state index contributed by atoms with van der Waals surface area (Å²) in [6.45, 7) is 3.20. The standard InChI is InChI=1S/C12H22N2OS/c1-9-4-2-3-5-10(9)6-13-12(15)11-7-16-8-14-11/h9-11,14H,2-8H2,1H3,(H,13,15). The van der Waals surface area contributed by atoms with Crippen LogP contribution in [0.25, 0.3) is 0 Å². The summed E-state index contributed by atoms with van der Waals surface area (Å²) in [6.07, 6.45) is 5.32. The second-order valence-electron chi connectivity index (χ2n) is 5.04. The number of carbonyl (C=O) groups is 1. The summed E-state index contributed by atoms with van der Waals surface area (Å²) in [6, 6.07) is 0.0453. The van der Waals surface area contributed by atoms with E-state index in [0.717, 1.165) is 24.1 Å². The number of nitrogens with one attached hydrogen (secondary N) is 2. The van der Waals surface area contributed by atoms with Crippen LogP contribution in [0.3, 0.4) is 0 Å². The van der Waals surface area contributed by atoms with Gasteiger partial charge in [0.05, 0.1) is 6.04 Å². The summed E-state index contributed by atoms with van der Waals surface area (Å²) < 4.78 is 0. The maximum Gasteiger partial charge on any atom is 0.238 e. The Morgan fingerprint density at radius 1 is 1.44 bits per heavy atom. The summed E-state index contributed by atoms with van der Waals surface area (Å²) in [7, 11) is 0. The largest absolute Gasteiger partial charge is 0.354 e. The molecule has 1 saturated heterocycles. The molecule has 0 aromatic heterocycles. The first-order chi connectivity index (χ1) is 7.77. The topological polar surface area (TPSA) is 41.1 Å². The molecule has 2 fully saturated rings. The van der Waals surface area contributed by atoms with Gasteiger partial charge in [0.15, 0.2) is 0 Å². The molecule has 0 radical (unpaired) electrons. The molecule has 92 valence electrons. The fourth-order valence-electron chi connectivity index (χ4n) is 2.61. The Kier molecular flexibility index (Phi) is 4.53. The molecule has 2 N–H and O–H groups in total. The van der Waals surface area contributed by atoms with E-state index in [4.69, 9.17) is 0 Å². The number of rotatable bonds is 3. The molecule has 3 atom stereocenters. The van der Waals surface area contributed by atoms with Crippen molar-refractivity contribution >= 4 is 17.7 Å². The lowest BCUT2D eigenvalue weighted by atomic mass is 9.80. The van der Waals surface area contributed by atoms with Crippen LogP contribution in [0.1, 0.15) is 32.6 Å². The lowest BCUT2D eigenvalue weighted by Gasteiger charge is -2.29. The maximum atomic E-state index is 11.8. The van der Waals surface area contributed by atoms with E-state index in [-0.39, 0.29) is 11.9 Å². The quantitative estimate of drug-likeness (QED) is 0.790. The SMILES string of the molecule is CC1CCCCC1CNC(=O)C1CSCN1. The Bertz CT molecular complexity index is 241. The highest BCUT2D eigenvalue weighted by molar-refractivity contribution is 7.99. The zero-order valence-electron chi connectivity index (χ0n) is 10.00. The molecule has 3 nitrogen and oxygen atoms in total. The second-order valence-corrected chi connectivity index (χ2v) is 6.07.